The van der Waals surface area contributed by atoms with Gasteiger partial charge in [-0.1, -0.05) is 34.1 Å². The Kier molecular flexibility index (Phi) is 4.00. The molecule has 0 spiro atoms. The fourth-order valence-corrected chi connectivity index (χ4v) is 2.13. The lowest BCUT2D eigenvalue weighted by Crippen LogP contribution is -2.27. The number of carbonyl (C=O) groups excluding carboxylic acids is 1. The van der Waals surface area contributed by atoms with E-state index in [9.17, 15) is 9.18 Å². The Hall–Kier alpha value is -1.68. The van der Waals surface area contributed by atoms with Crippen LogP contribution in [-0.4, -0.2) is 13.0 Å². The van der Waals surface area contributed by atoms with Crippen LogP contribution in [0, 0.1) is 12.7 Å². The van der Waals surface area contributed by atoms with Crippen LogP contribution in [0.2, 0.25) is 0 Å². The van der Waals surface area contributed by atoms with Crippen LogP contribution in [0.25, 0.3) is 0 Å². The predicted octanol–water partition coefficient (Wildman–Crippen LogP) is 4.17. The van der Waals surface area contributed by atoms with Crippen LogP contribution in [0.4, 0.5) is 10.1 Å². The maximum atomic E-state index is 13.7. The standard InChI is InChI=1S/C15H13BrFNO/c1-10-7-8-11(9-12(10)16)15(19)18(2)14-6-4-3-5-13(14)17/h3-9H,1-2H3. The summed E-state index contributed by atoms with van der Waals surface area (Å²) in [5.74, 6) is -0.657. The van der Waals surface area contributed by atoms with E-state index in [1.165, 1.54) is 11.0 Å². The average Bonchev–Trinajstić information content (AvgIpc) is 2.41. The van der Waals surface area contributed by atoms with Gasteiger partial charge >= 0.3 is 0 Å². The van der Waals surface area contributed by atoms with Gasteiger partial charge in [0, 0.05) is 17.1 Å². The molecule has 0 aromatic heterocycles. The summed E-state index contributed by atoms with van der Waals surface area (Å²) in [4.78, 5) is 13.6. The Labute approximate surface area is 120 Å². The van der Waals surface area contributed by atoms with Gasteiger partial charge in [-0.2, -0.15) is 0 Å². The second-order valence-electron chi connectivity index (χ2n) is 4.28. The molecular formula is C15H13BrFNO. The van der Waals surface area contributed by atoms with Crippen LogP contribution in [0.3, 0.4) is 0 Å². The zero-order chi connectivity index (χ0) is 14.0. The number of hydrogen-bond acceptors (Lipinski definition) is 1. The Morgan fingerprint density at radius 3 is 2.53 bits per heavy atom. The van der Waals surface area contributed by atoms with Gasteiger partial charge in [0.05, 0.1) is 5.69 Å². The van der Waals surface area contributed by atoms with Gasteiger partial charge in [0.1, 0.15) is 5.82 Å². The summed E-state index contributed by atoms with van der Waals surface area (Å²) < 4.78 is 14.5. The molecule has 0 atom stereocenters. The highest BCUT2D eigenvalue weighted by molar-refractivity contribution is 9.10. The first-order valence-corrected chi connectivity index (χ1v) is 6.58. The van der Waals surface area contributed by atoms with Crippen molar-refractivity contribution in [1.29, 1.82) is 0 Å². The fraction of sp³-hybridized carbons (Fsp3) is 0.133. The van der Waals surface area contributed by atoms with E-state index in [1.54, 1.807) is 37.4 Å². The lowest BCUT2D eigenvalue weighted by Gasteiger charge is -2.18. The van der Waals surface area contributed by atoms with E-state index in [0.717, 1.165) is 10.0 Å². The number of benzene rings is 2. The Bertz CT molecular complexity index is 627. The first kappa shape index (κ1) is 13.7. The molecule has 2 nitrogen and oxygen atoms in total. The van der Waals surface area contributed by atoms with Crippen molar-refractivity contribution in [3.05, 3.63) is 63.9 Å². The van der Waals surface area contributed by atoms with Gasteiger partial charge in [-0.25, -0.2) is 4.39 Å². The van der Waals surface area contributed by atoms with Crippen molar-refractivity contribution in [2.24, 2.45) is 0 Å². The summed E-state index contributed by atoms with van der Waals surface area (Å²) >= 11 is 3.39. The van der Waals surface area contributed by atoms with Gasteiger partial charge < -0.3 is 4.90 Å². The summed E-state index contributed by atoms with van der Waals surface area (Å²) in [6, 6.07) is 11.6. The number of amides is 1. The number of anilines is 1. The molecule has 0 bridgehead atoms. The molecule has 4 heteroatoms. The molecule has 2 rings (SSSR count). The van der Waals surface area contributed by atoms with Gasteiger partial charge in [-0.3, -0.25) is 4.79 Å². The van der Waals surface area contributed by atoms with Crippen LogP contribution in [0.5, 0.6) is 0 Å². The monoisotopic (exact) mass is 321 g/mol. The normalized spacial score (nSPS) is 10.3. The molecule has 0 saturated heterocycles. The molecule has 0 aliphatic rings. The van der Waals surface area contributed by atoms with E-state index in [1.807, 2.05) is 13.0 Å². The third kappa shape index (κ3) is 2.84. The highest BCUT2D eigenvalue weighted by Gasteiger charge is 2.16. The third-order valence-corrected chi connectivity index (χ3v) is 3.79. The molecule has 0 fully saturated rings. The summed E-state index contributed by atoms with van der Waals surface area (Å²) in [5.41, 5.74) is 1.83. The SMILES string of the molecule is Cc1ccc(C(=O)N(C)c2ccccc2F)cc1Br. The molecule has 98 valence electrons. The first-order valence-electron chi connectivity index (χ1n) is 5.79. The minimum absolute atomic E-state index is 0.245. The van der Waals surface area contributed by atoms with Crippen LogP contribution in [0.1, 0.15) is 15.9 Å². The molecule has 2 aromatic rings. The Morgan fingerprint density at radius 2 is 1.89 bits per heavy atom. The van der Waals surface area contributed by atoms with Crippen molar-refractivity contribution >= 4 is 27.5 Å². The van der Waals surface area contributed by atoms with E-state index in [-0.39, 0.29) is 11.6 Å². The summed E-state index contributed by atoms with van der Waals surface area (Å²) in [7, 11) is 1.56. The minimum Gasteiger partial charge on any atom is -0.309 e. The molecule has 0 radical (unpaired) electrons. The Morgan fingerprint density at radius 1 is 1.21 bits per heavy atom. The smallest absolute Gasteiger partial charge is 0.258 e. The molecule has 0 N–H and O–H groups in total. The van der Waals surface area contributed by atoms with E-state index in [4.69, 9.17) is 0 Å². The van der Waals surface area contributed by atoms with Crippen LogP contribution >= 0.6 is 15.9 Å². The molecule has 0 aliphatic carbocycles. The fourth-order valence-electron chi connectivity index (χ4n) is 1.75. The van der Waals surface area contributed by atoms with Crippen molar-refractivity contribution in [3.63, 3.8) is 0 Å². The average molecular weight is 322 g/mol. The summed E-state index contributed by atoms with van der Waals surface area (Å²) in [6.07, 6.45) is 0. The number of rotatable bonds is 2. The van der Waals surface area contributed by atoms with Crippen LogP contribution < -0.4 is 4.90 Å². The molecule has 19 heavy (non-hydrogen) atoms. The van der Waals surface area contributed by atoms with E-state index in [0.29, 0.717) is 5.56 Å². The maximum Gasteiger partial charge on any atom is 0.258 e. The largest absolute Gasteiger partial charge is 0.309 e. The number of aryl methyl sites for hydroxylation is 1. The number of halogens is 2. The minimum atomic E-state index is -0.412. The van der Waals surface area contributed by atoms with Crippen LogP contribution in [-0.2, 0) is 0 Å². The molecule has 2 aromatic carbocycles. The predicted molar refractivity (Wildman–Crippen MR) is 78.0 cm³/mol. The number of carbonyl (C=O) groups is 1. The summed E-state index contributed by atoms with van der Waals surface area (Å²) in [6.45, 7) is 1.94. The lowest BCUT2D eigenvalue weighted by atomic mass is 10.1. The van der Waals surface area contributed by atoms with Crippen LogP contribution in [0.15, 0.2) is 46.9 Å². The molecule has 0 saturated carbocycles. The second-order valence-corrected chi connectivity index (χ2v) is 5.13. The molecular weight excluding hydrogens is 309 g/mol. The van der Waals surface area contributed by atoms with Gasteiger partial charge in [0.15, 0.2) is 0 Å². The van der Waals surface area contributed by atoms with E-state index >= 15 is 0 Å². The van der Waals surface area contributed by atoms with Crippen molar-refractivity contribution in [3.8, 4) is 0 Å². The van der Waals surface area contributed by atoms with E-state index in [2.05, 4.69) is 15.9 Å². The second kappa shape index (κ2) is 5.53. The number of hydrogen-bond donors (Lipinski definition) is 0. The highest BCUT2D eigenvalue weighted by Crippen LogP contribution is 2.22. The highest BCUT2D eigenvalue weighted by atomic mass is 79.9. The molecule has 1 amide bonds. The van der Waals surface area contributed by atoms with Gasteiger partial charge in [0.2, 0.25) is 0 Å². The summed E-state index contributed by atoms with van der Waals surface area (Å²) in [5, 5.41) is 0. The maximum absolute atomic E-state index is 13.7. The van der Waals surface area contributed by atoms with Crippen molar-refractivity contribution in [1.82, 2.24) is 0 Å². The van der Waals surface area contributed by atoms with Crippen molar-refractivity contribution in [2.75, 3.05) is 11.9 Å². The number of nitrogens with zero attached hydrogens (tertiary/aromatic N) is 1. The molecule has 0 aliphatic heterocycles. The van der Waals surface area contributed by atoms with Crippen molar-refractivity contribution < 1.29 is 9.18 Å². The topological polar surface area (TPSA) is 20.3 Å². The molecule has 0 heterocycles. The zero-order valence-electron chi connectivity index (χ0n) is 10.7. The van der Waals surface area contributed by atoms with Gasteiger partial charge in [-0.15, -0.1) is 0 Å². The third-order valence-electron chi connectivity index (χ3n) is 2.94. The molecule has 0 unspecified atom stereocenters. The lowest BCUT2D eigenvalue weighted by molar-refractivity contribution is 0.0992. The quantitative estimate of drug-likeness (QED) is 0.812. The van der Waals surface area contributed by atoms with E-state index < -0.39 is 5.82 Å². The van der Waals surface area contributed by atoms with Crippen molar-refractivity contribution in [2.45, 2.75) is 6.92 Å². The zero-order valence-corrected chi connectivity index (χ0v) is 12.2. The number of para-hydroxylation sites is 1. The van der Waals surface area contributed by atoms with Gasteiger partial charge in [-0.05, 0) is 36.8 Å². The Balaban J connectivity index is 2.34. The van der Waals surface area contributed by atoms with Gasteiger partial charge in [0.25, 0.3) is 5.91 Å². The first-order chi connectivity index (χ1) is 9.00.